The fourth-order valence-corrected chi connectivity index (χ4v) is 6.19. The molecule has 0 radical (unpaired) electrons. The van der Waals surface area contributed by atoms with Crippen LogP contribution in [0.15, 0.2) is 0 Å². The molecule has 2 N–H and O–H groups in total. The van der Waals surface area contributed by atoms with Gasteiger partial charge in [0.25, 0.3) is 0 Å². The van der Waals surface area contributed by atoms with E-state index in [9.17, 15) is 0 Å². The Kier molecular flexibility index (Phi) is 2.78. The Labute approximate surface area is 117 Å². The van der Waals surface area contributed by atoms with Crippen LogP contribution >= 0.6 is 0 Å². The van der Waals surface area contributed by atoms with Crippen molar-refractivity contribution in [1.29, 1.82) is 0 Å². The van der Waals surface area contributed by atoms with Crippen molar-refractivity contribution < 1.29 is 0 Å². The summed E-state index contributed by atoms with van der Waals surface area (Å²) in [6.07, 6.45) is 8.32. The van der Waals surface area contributed by atoms with E-state index in [4.69, 9.17) is 5.73 Å². The first-order chi connectivity index (χ1) is 9.11. The highest BCUT2D eigenvalue weighted by molar-refractivity contribution is 5.15. The Morgan fingerprint density at radius 3 is 2.16 bits per heavy atom. The van der Waals surface area contributed by atoms with E-state index >= 15 is 0 Å². The van der Waals surface area contributed by atoms with Gasteiger partial charge < -0.3 is 10.6 Å². The summed E-state index contributed by atoms with van der Waals surface area (Å²) in [4.78, 5) is 5.44. The second kappa shape index (κ2) is 4.19. The third-order valence-electron chi connectivity index (χ3n) is 6.57. The Bertz CT molecular complexity index is 345. The van der Waals surface area contributed by atoms with Gasteiger partial charge in [0.05, 0.1) is 0 Å². The molecule has 4 bridgehead atoms. The lowest BCUT2D eigenvalue weighted by Crippen LogP contribution is -2.70. The molecule has 1 aliphatic heterocycles. The topological polar surface area (TPSA) is 32.5 Å². The van der Waals surface area contributed by atoms with Crippen LogP contribution < -0.4 is 5.73 Å². The van der Waals surface area contributed by atoms with Crippen LogP contribution in [0.3, 0.4) is 0 Å². The van der Waals surface area contributed by atoms with E-state index in [2.05, 4.69) is 16.7 Å². The van der Waals surface area contributed by atoms with E-state index < -0.39 is 0 Å². The maximum Gasteiger partial charge on any atom is 0.0233 e. The van der Waals surface area contributed by atoms with Crippen LogP contribution in [0.1, 0.15) is 45.4 Å². The predicted octanol–water partition coefficient (Wildman–Crippen LogP) is 1.67. The summed E-state index contributed by atoms with van der Waals surface area (Å²) >= 11 is 0. The Morgan fingerprint density at radius 2 is 1.63 bits per heavy atom. The van der Waals surface area contributed by atoms with E-state index in [0.29, 0.717) is 5.54 Å². The number of rotatable bonds is 2. The fourth-order valence-electron chi connectivity index (χ4n) is 6.19. The van der Waals surface area contributed by atoms with Gasteiger partial charge in [0.2, 0.25) is 0 Å². The Balaban J connectivity index is 1.54. The van der Waals surface area contributed by atoms with Crippen molar-refractivity contribution in [2.24, 2.45) is 17.6 Å². The van der Waals surface area contributed by atoms with Gasteiger partial charge in [0.15, 0.2) is 0 Å². The molecule has 1 saturated heterocycles. The predicted molar refractivity (Wildman–Crippen MR) is 78.0 cm³/mol. The molecule has 0 spiro atoms. The molecule has 5 fully saturated rings. The zero-order valence-electron chi connectivity index (χ0n) is 12.4. The minimum Gasteiger partial charge on any atom is -0.325 e. The molecule has 0 aromatic carbocycles. The second-order valence-electron chi connectivity index (χ2n) is 7.97. The van der Waals surface area contributed by atoms with Gasteiger partial charge in [0.1, 0.15) is 0 Å². The average Bonchev–Trinajstić information content (AvgIpc) is 2.36. The van der Waals surface area contributed by atoms with Gasteiger partial charge in [-0.2, -0.15) is 0 Å². The molecule has 19 heavy (non-hydrogen) atoms. The molecule has 0 aromatic rings. The lowest BCUT2D eigenvalue weighted by molar-refractivity contribution is -0.110. The van der Waals surface area contributed by atoms with Crippen LogP contribution in [0.2, 0.25) is 0 Å². The molecule has 5 aliphatic rings. The van der Waals surface area contributed by atoms with E-state index in [1.807, 2.05) is 0 Å². The molecule has 108 valence electrons. The summed E-state index contributed by atoms with van der Waals surface area (Å²) in [7, 11) is 0. The van der Waals surface area contributed by atoms with Crippen molar-refractivity contribution >= 4 is 0 Å². The molecule has 2 atom stereocenters. The van der Waals surface area contributed by atoms with E-state index in [0.717, 1.165) is 11.8 Å². The van der Waals surface area contributed by atoms with E-state index in [-0.39, 0.29) is 5.54 Å². The van der Waals surface area contributed by atoms with Gasteiger partial charge >= 0.3 is 0 Å². The zero-order chi connectivity index (χ0) is 13.1. The van der Waals surface area contributed by atoms with Gasteiger partial charge in [0, 0.05) is 37.3 Å². The van der Waals surface area contributed by atoms with Gasteiger partial charge in [-0.3, -0.25) is 4.90 Å². The van der Waals surface area contributed by atoms with Crippen molar-refractivity contribution in [2.45, 2.75) is 56.5 Å². The highest BCUT2D eigenvalue weighted by atomic mass is 15.3. The summed E-state index contributed by atoms with van der Waals surface area (Å²) in [6.45, 7) is 8.60. The monoisotopic (exact) mass is 263 g/mol. The number of nitrogens with zero attached hydrogens (tertiary/aromatic N) is 2. The van der Waals surface area contributed by atoms with Crippen LogP contribution in [0.25, 0.3) is 0 Å². The largest absolute Gasteiger partial charge is 0.325 e. The molecule has 3 nitrogen and oxygen atoms in total. The lowest BCUT2D eigenvalue weighted by Gasteiger charge is -2.64. The maximum absolute atomic E-state index is 6.73. The van der Waals surface area contributed by atoms with Gasteiger partial charge in [-0.25, -0.2) is 0 Å². The molecule has 0 aromatic heterocycles. The number of likely N-dealkylation sites (N-methyl/N-ethyl adjacent to an activating group) is 1. The maximum atomic E-state index is 6.73. The molecule has 5 rings (SSSR count). The summed E-state index contributed by atoms with van der Waals surface area (Å²) in [5.41, 5.74) is 7.43. The van der Waals surface area contributed by atoms with Crippen LogP contribution in [0, 0.1) is 11.8 Å². The molecule has 4 aliphatic carbocycles. The Hall–Kier alpha value is -0.120. The van der Waals surface area contributed by atoms with Crippen molar-refractivity contribution in [3.63, 3.8) is 0 Å². The minimum atomic E-state index is 0.200. The van der Waals surface area contributed by atoms with Crippen molar-refractivity contribution in [3.05, 3.63) is 0 Å². The zero-order valence-corrected chi connectivity index (χ0v) is 12.4. The van der Waals surface area contributed by atoms with Crippen molar-refractivity contribution in [1.82, 2.24) is 9.80 Å². The number of hydrogen-bond donors (Lipinski definition) is 1. The summed E-state index contributed by atoms with van der Waals surface area (Å²) in [6, 6.07) is 0. The number of hydrogen-bond acceptors (Lipinski definition) is 3. The van der Waals surface area contributed by atoms with Crippen molar-refractivity contribution in [2.75, 3.05) is 32.7 Å². The summed E-state index contributed by atoms with van der Waals surface area (Å²) in [5.74, 6) is 1.88. The average molecular weight is 263 g/mol. The van der Waals surface area contributed by atoms with Crippen LogP contribution in [-0.2, 0) is 0 Å². The molecule has 0 amide bonds. The normalized spacial score (nSPS) is 50.8. The van der Waals surface area contributed by atoms with Crippen LogP contribution in [0.4, 0.5) is 0 Å². The quantitative estimate of drug-likeness (QED) is 0.822. The minimum absolute atomic E-state index is 0.200. The molecular weight excluding hydrogens is 234 g/mol. The highest BCUT2D eigenvalue weighted by Crippen LogP contribution is 2.58. The molecule has 3 heteroatoms. The lowest BCUT2D eigenvalue weighted by atomic mass is 9.49. The van der Waals surface area contributed by atoms with Gasteiger partial charge in [-0.1, -0.05) is 6.92 Å². The first-order valence-electron chi connectivity index (χ1n) is 8.37. The number of nitrogens with two attached hydrogens (primary N) is 1. The fraction of sp³-hybridized carbons (Fsp3) is 1.00. The van der Waals surface area contributed by atoms with Gasteiger partial charge in [-0.05, 0) is 56.9 Å². The first kappa shape index (κ1) is 12.6. The first-order valence-corrected chi connectivity index (χ1v) is 8.37. The third kappa shape index (κ3) is 1.97. The van der Waals surface area contributed by atoms with Gasteiger partial charge in [-0.15, -0.1) is 0 Å². The summed E-state index contributed by atoms with van der Waals surface area (Å²) < 4.78 is 0. The van der Waals surface area contributed by atoms with E-state index in [1.165, 1.54) is 71.2 Å². The molecule has 2 unspecified atom stereocenters. The van der Waals surface area contributed by atoms with Crippen LogP contribution in [0.5, 0.6) is 0 Å². The van der Waals surface area contributed by atoms with Crippen molar-refractivity contribution in [3.8, 4) is 0 Å². The third-order valence-corrected chi connectivity index (χ3v) is 6.57. The highest BCUT2D eigenvalue weighted by Gasteiger charge is 2.58. The molecular formula is C16H29N3. The van der Waals surface area contributed by atoms with E-state index in [1.54, 1.807) is 0 Å². The Morgan fingerprint density at radius 1 is 1.00 bits per heavy atom. The molecule has 4 saturated carbocycles. The summed E-state index contributed by atoms with van der Waals surface area (Å²) in [5, 5.41) is 0. The number of piperazine rings is 1. The second-order valence-corrected chi connectivity index (χ2v) is 7.97. The molecule has 1 heterocycles. The SMILES string of the molecule is CCN1CCN(C23CC4CC(CC(N)(C4)C2)C3)CC1. The standard InChI is InChI=1S/C16H29N3/c1-2-18-3-5-19(6-4-18)16-10-13-7-14(11-16)9-15(17,8-13)12-16/h13-14H,2-12,17H2,1H3. The van der Waals surface area contributed by atoms with Crippen LogP contribution in [-0.4, -0.2) is 53.6 Å². The smallest absolute Gasteiger partial charge is 0.0233 e.